The minimum Gasteiger partial charge on any atom is -0.477 e. The Balaban J connectivity index is 3.04. The first-order valence-corrected chi connectivity index (χ1v) is 3.90. The van der Waals surface area contributed by atoms with Crippen LogP contribution in [0, 0.1) is 5.82 Å². The Morgan fingerprint density at radius 3 is 2.47 bits per heavy atom. The van der Waals surface area contributed by atoms with Crippen LogP contribution in [0.25, 0.3) is 0 Å². The standard InChI is InChI=1S/C9H7F3O3/c10-6-3-1-2-5(4-6)7(13)9(11,12)8(14)15/h1-4,7,13H,(H,14,15). The molecule has 0 aliphatic rings. The molecule has 1 atom stereocenters. The van der Waals surface area contributed by atoms with Crippen LogP contribution >= 0.6 is 0 Å². The van der Waals surface area contributed by atoms with Crippen molar-refractivity contribution in [3.05, 3.63) is 35.6 Å². The second-order valence-electron chi connectivity index (χ2n) is 2.89. The third kappa shape index (κ3) is 2.27. The Hall–Kier alpha value is -1.56. The molecule has 1 rings (SSSR count). The highest BCUT2D eigenvalue weighted by molar-refractivity contribution is 5.76. The van der Waals surface area contributed by atoms with Crippen molar-refractivity contribution in [1.82, 2.24) is 0 Å². The minimum absolute atomic E-state index is 0.484. The lowest BCUT2D eigenvalue weighted by Gasteiger charge is -2.18. The quantitative estimate of drug-likeness (QED) is 0.813. The third-order valence-corrected chi connectivity index (χ3v) is 1.79. The molecule has 0 saturated carbocycles. The van der Waals surface area contributed by atoms with Crippen LogP contribution in [0.1, 0.15) is 11.7 Å². The van der Waals surface area contributed by atoms with Gasteiger partial charge in [-0.2, -0.15) is 8.78 Å². The van der Waals surface area contributed by atoms with Crippen molar-refractivity contribution in [3.63, 3.8) is 0 Å². The second-order valence-corrected chi connectivity index (χ2v) is 2.89. The summed E-state index contributed by atoms with van der Waals surface area (Å²) in [6.07, 6.45) is -2.56. The van der Waals surface area contributed by atoms with Crippen LogP contribution in [0.15, 0.2) is 24.3 Å². The Kier molecular flexibility index (Phi) is 2.99. The summed E-state index contributed by atoms with van der Waals surface area (Å²) in [5, 5.41) is 17.2. The van der Waals surface area contributed by atoms with Gasteiger partial charge in [0.2, 0.25) is 0 Å². The van der Waals surface area contributed by atoms with E-state index in [4.69, 9.17) is 10.2 Å². The normalized spacial score (nSPS) is 13.6. The number of hydrogen-bond acceptors (Lipinski definition) is 2. The van der Waals surface area contributed by atoms with Crippen LogP contribution in [0.5, 0.6) is 0 Å². The van der Waals surface area contributed by atoms with E-state index in [1.807, 2.05) is 0 Å². The smallest absolute Gasteiger partial charge is 0.377 e. The highest BCUT2D eigenvalue weighted by atomic mass is 19.3. The average molecular weight is 220 g/mol. The summed E-state index contributed by atoms with van der Waals surface area (Å²) in [6.45, 7) is 0. The van der Waals surface area contributed by atoms with E-state index in [-0.39, 0.29) is 0 Å². The SMILES string of the molecule is O=C(O)C(F)(F)C(O)c1cccc(F)c1. The number of aliphatic hydroxyl groups is 1. The molecule has 6 heteroatoms. The summed E-state index contributed by atoms with van der Waals surface area (Å²) < 4.78 is 38.2. The molecule has 1 aromatic carbocycles. The maximum absolute atomic E-state index is 12.8. The summed E-state index contributed by atoms with van der Waals surface area (Å²) in [7, 11) is 0. The predicted molar refractivity (Wildman–Crippen MR) is 43.9 cm³/mol. The molecular weight excluding hydrogens is 213 g/mol. The van der Waals surface area contributed by atoms with Crippen molar-refractivity contribution < 1.29 is 28.2 Å². The fourth-order valence-corrected chi connectivity index (χ4v) is 1.00. The number of alkyl halides is 2. The molecular formula is C9H7F3O3. The summed E-state index contributed by atoms with van der Waals surface area (Å²) >= 11 is 0. The number of hydrogen-bond donors (Lipinski definition) is 2. The van der Waals surface area contributed by atoms with Gasteiger partial charge in [-0.25, -0.2) is 9.18 Å². The summed E-state index contributed by atoms with van der Waals surface area (Å²) in [4.78, 5) is 10.1. The Morgan fingerprint density at radius 1 is 1.40 bits per heavy atom. The molecule has 0 bridgehead atoms. The van der Waals surface area contributed by atoms with Gasteiger partial charge in [-0.1, -0.05) is 12.1 Å². The van der Waals surface area contributed by atoms with Crippen LogP contribution < -0.4 is 0 Å². The molecule has 0 radical (unpaired) electrons. The summed E-state index contributed by atoms with van der Waals surface area (Å²) in [6, 6.07) is 3.77. The van der Waals surface area contributed by atoms with E-state index in [0.29, 0.717) is 6.07 Å². The lowest BCUT2D eigenvalue weighted by molar-refractivity contribution is -0.182. The zero-order valence-corrected chi connectivity index (χ0v) is 7.32. The van der Waals surface area contributed by atoms with Crippen LogP contribution in [-0.4, -0.2) is 22.1 Å². The van der Waals surface area contributed by atoms with E-state index in [1.54, 1.807) is 0 Å². The zero-order chi connectivity index (χ0) is 11.6. The molecule has 3 nitrogen and oxygen atoms in total. The van der Waals surface area contributed by atoms with Crippen molar-refractivity contribution in [3.8, 4) is 0 Å². The Morgan fingerprint density at radius 2 is 2.00 bits per heavy atom. The summed E-state index contributed by atoms with van der Waals surface area (Å²) in [5.74, 6) is -7.62. The fraction of sp³-hybridized carbons (Fsp3) is 0.222. The molecule has 2 N–H and O–H groups in total. The van der Waals surface area contributed by atoms with Crippen molar-refractivity contribution in [2.24, 2.45) is 0 Å². The first kappa shape index (κ1) is 11.5. The lowest BCUT2D eigenvalue weighted by Crippen LogP contribution is -2.35. The van der Waals surface area contributed by atoms with Gasteiger partial charge in [0.1, 0.15) is 5.82 Å². The second kappa shape index (κ2) is 3.90. The predicted octanol–water partition coefficient (Wildman–Crippen LogP) is 1.58. The van der Waals surface area contributed by atoms with Gasteiger partial charge in [-0.15, -0.1) is 0 Å². The van der Waals surface area contributed by atoms with Gasteiger partial charge in [0, 0.05) is 0 Å². The van der Waals surface area contributed by atoms with Crippen LogP contribution in [-0.2, 0) is 4.79 Å². The van der Waals surface area contributed by atoms with Gasteiger partial charge < -0.3 is 10.2 Å². The van der Waals surface area contributed by atoms with Gasteiger partial charge >= 0.3 is 11.9 Å². The van der Waals surface area contributed by atoms with Gasteiger partial charge in [0.05, 0.1) is 0 Å². The number of carboxylic acids is 1. The van der Waals surface area contributed by atoms with Crippen molar-refractivity contribution in [2.45, 2.75) is 12.0 Å². The van der Waals surface area contributed by atoms with Gasteiger partial charge in [0.15, 0.2) is 6.10 Å². The number of benzene rings is 1. The molecule has 0 aromatic heterocycles. The number of rotatable bonds is 3. The lowest BCUT2D eigenvalue weighted by atomic mass is 10.0. The highest BCUT2D eigenvalue weighted by Gasteiger charge is 2.47. The van der Waals surface area contributed by atoms with Crippen molar-refractivity contribution in [1.29, 1.82) is 0 Å². The van der Waals surface area contributed by atoms with Crippen LogP contribution in [0.3, 0.4) is 0 Å². The number of aliphatic carboxylic acids is 1. The van der Waals surface area contributed by atoms with Gasteiger partial charge in [0.25, 0.3) is 0 Å². The van der Waals surface area contributed by atoms with Crippen LogP contribution in [0.2, 0.25) is 0 Å². The first-order chi connectivity index (χ1) is 6.85. The topological polar surface area (TPSA) is 57.5 Å². The van der Waals surface area contributed by atoms with Gasteiger partial charge in [-0.3, -0.25) is 0 Å². The van der Waals surface area contributed by atoms with Crippen LogP contribution in [0.4, 0.5) is 13.2 Å². The van der Waals surface area contributed by atoms with E-state index in [9.17, 15) is 18.0 Å². The molecule has 0 spiro atoms. The molecule has 0 amide bonds. The highest BCUT2D eigenvalue weighted by Crippen LogP contribution is 2.31. The fourth-order valence-electron chi connectivity index (χ4n) is 1.00. The molecule has 1 unspecified atom stereocenters. The maximum Gasteiger partial charge on any atom is 0.377 e. The molecule has 0 heterocycles. The monoisotopic (exact) mass is 220 g/mol. The minimum atomic E-state index is -4.34. The van der Waals surface area contributed by atoms with Crippen molar-refractivity contribution in [2.75, 3.05) is 0 Å². The van der Waals surface area contributed by atoms with E-state index in [2.05, 4.69) is 0 Å². The first-order valence-electron chi connectivity index (χ1n) is 3.90. The van der Waals surface area contributed by atoms with Crippen molar-refractivity contribution >= 4 is 5.97 Å². The molecule has 0 aliphatic carbocycles. The Labute approximate surface area is 82.8 Å². The number of halogens is 3. The maximum atomic E-state index is 12.8. The van der Waals surface area contributed by atoms with E-state index in [1.165, 1.54) is 0 Å². The largest absolute Gasteiger partial charge is 0.477 e. The third-order valence-electron chi connectivity index (χ3n) is 1.79. The number of carboxylic acid groups (broad SMARTS) is 1. The zero-order valence-electron chi connectivity index (χ0n) is 7.32. The van der Waals surface area contributed by atoms with E-state index in [0.717, 1.165) is 18.2 Å². The number of aliphatic hydroxyl groups excluding tert-OH is 1. The van der Waals surface area contributed by atoms with Gasteiger partial charge in [-0.05, 0) is 17.7 Å². The molecule has 1 aromatic rings. The van der Waals surface area contributed by atoms with E-state index < -0.39 is 29.4 Å². The Bertz CT molecular complexity index is 379. The van der Waals surface area contributed by atoms with E-state index >= 15 is 0 Å². The molecule has 82 valence electrons. The molecule has 0 saturated heterocycles. The summed E-state index contributed by atoms with van der Waals surface area (Å²) in [5.41, 5.74) is -0.484. The molecule has 0 aliphatic heterocycles. The number of carbonyl (C=O) groups is 1. The average Bonchev–Trinajstić information content (AvgIpc) is 2.16. The molecule has 15 heavy (non-hydrogen) atoms. The molecule has 0 fully saturated rings.